The largest absolute Gasteiger partial charge is 0.326 e. The van der Waals surface area contributed by atoms with Crippen molar-refractivity contribution in [3.8, 4) is 0 Å². The Hall–Kier alpha value is -2.80. The van der Waals surface area contributed by atoms with Crippen LogP contribution in [0.3, 0.4) is 0 Å². The van der Waals surface area contributed by atoms with Crippen LogP contribution in [-0.4, -0.2) is 15.8 Å². The van der Waals surface area contributed by atoms with E-state index in [9.17, 15) is 14.9 Å². The molecule has 7 heteroatoms. The number of para-hydroxylation sites is 1. The first-order valence-corrected chi connectivity index (χ1v) is 8.74. The molecular formula is C18H17N3O3S. The summed E-state index contributed by atoms with van der Waals surface area (Å²) in [6, 6.07) is 12.7. The Morgan fingerprint density at radius 1 is 1.28 bits per heavy atom. The van der Waals surface area contributed by atoms with Crippen LogP contribution in [0.15, 0.2) is 42.5 Å². The molecule has 0 unspecified atom stereocenters. The van der Waals surface area contributed by atoms with Gasteiger partial charge in [0, 0.05) is 23.7 Å². The van der Waals surface area contributed by atoms with E-state index in [0.29, 0.717) is 24.1 Å². The lowest BCUT2D eigenvalue weighted by atomic mass is 10.1. The molecule has 25 heavy (non-hydrogen) atoms. The molecule has 3 aromatic rings. The van der Waals surface area contributed by atoms with Gasteiger partial charge >= 0.3 is 0 Å². The van der Waals surface area contributed by atoms with E-state index in [4.69, 9.17) is 0 Å². The second-order valence-corrected chi connectivity index (χ2v) is 6.85. The topological polar surface area (TPSA) is 85.1 Å². The van der Waals surface area contributed by atoms with Crippen LogP contribution in [-0.2, 0) is 11.2 Å². The normalized spacial score (nSPS) is 10.8. The van der Waals surface area contributed by atoms with E-state index in [0.717, 1.165) is 21.6 Å². The van der Waals surface area contributed by atoms with Crippen LogP contribution in [0.4, 0.5) is 11.4 Å². The third-order valence-corrected chi connectivity index (χ3v) is 4.92. The maximum Gasteiger partial charge on any atom is 0.274 e. The zero-order valence-corrected chi connectivity index (χ0v) is 14.5. The molecular weight excluding hydrogens is 338 g/mol. The number of fused-ring (bicyclic) bond motifs is 1. The predicted molar refractivity (Wildman–Crippen MR) is 99.0 cm³/mol. The van der Waals surface area contributed by atoms with Crippen LogP contribution in [0.2, 0.25) is 0 Å². The smallest absolute Gasteiger partial charge is 0.274 e. The molecule has 6 nitrogen and oxygen atoms in total. The number of rotatable bonds is 6. The number of benzene rings is 2. The Morgan fingerprint density at radius 3 is 2.84 bits per heavy atom. The second-order valence-electron chi connectivity index (χ2n) is 5.74. The van der Waals surface area contributed by atoms with E-state index in [1.54, 1.807) is 30.4 Å². The summed E-state index contributed by atoms with van der Waals surface area (Å²) in [6.45, 7) is 1.67. The van der Waals surface area contributed by atoms with Gasteiger partial charge in [-0.15, -0.1) is 11.3 Å². The molecule has 0 aliphatic heterocycles. The molecule has 128 valence electrons. The van der Waals surface area contributed by atoms with Gasteiger partial charge in [0.25, 0.3) is 5.69 Å². The van der Waals surface area contributed by atoms with Gasteiger partial charge in [-0.05, 0) is 38.0 Å². The van der Waals surface area contributed by atoms with Crippen molar-refractivity contribution in [3.63, 3.8) is 0 Å². The van der Waals surface area contributed by atoms with Crippen LogP contribution in [0.1, 0.15) is 23.4 Å². The van der Waals surface area contributed by atoms with Crippen molar-refractivity contribution in [2.75, 3.05) is 5.32 Å². The summed E-state index contributed by atoms with van der Waals surface area (Å²) in [6.07, 6.45) is 1.76. The molecule has 0 saturated heterocycles. The van der Waals surface area contributed by atoms with Gasteiger partial charge in [-0.25, -0.2) is 4.98 Å². The lowest BCUT2D eigenvalue weighted by Gasteiger charge is -2.06. The number of nitro groups is 1. The van der Waals surface area contributed by atoms with Gasteiger partial charge in [0.05, 0.1) is 20.1 Å². The van der Waals surface area contributed by atoms with E-state index in [1.807, 2.05) is 24.3 Å². The number of carbonyl (C=O) groups is 1. The number of carbonyl (C=O) groups excluding carboxylic acids is 1. The highest BCUT2D eigenvalue weighted by Gasteiger charge is 2.12. The van der Waals surface area contributed by atoms with Gasteiger partial charge in [-0.1, -0.05) is 18.2 Å². The van der Waals surface area contributed by atoms with Crippen LogP contribution in [0.25, 0.3) is 10.2 Å². The van der Waals surface area contributed by atoms with E-state index in [-0.39, 0.29) is 11.6 Å². The first-order valence-electron chi connectivity index (χ1n) is 7.92. The van der Waals surface area contributed by atoms with E-state index < -0.39 is 4.92 Å². The molecule has 0 fully saturated rings. The summed E-state index contributed by atoms with van der Waals surface area (Å²) in [5.41, 5.74) is 2.01. The monoisotopic (exact) mass is 355 g/mol. The van der Waals surface area contributed by atoms with E-state index in [1.165, 1.54) is 6.07 Å². The van der Waals surface area contributed by atoms with Gasteiger partial charge in [0.15, 0.2) is 0 Å². The molecule has 0 atom stereocenters. The van der Waals surface area contributed by atoms with Gasteiger partial charge in [-0.2, -0.15) is 0 Å². The molecule has 0 radical (unpaired) electrons. The Kier molecular flexibility index (Phi) is 5.04. The van der Waals surface area contributed by atoms with E-state index >= 15 is 0 Å². The van der Waals surface area contributed by atoms with Crippen LogP contribution >= 0.6 is 11.3 Å². The van der Waals surface area contributed by atoms with Crippen molar-refractivity contribution in [3.05, 3.63) is 63.1 Å². The number of anilines is 1. The summed E-state index contributed by atoms with van der Waals surface area (Å²) in [5.74, 6) is -0.153. The van der Waals surface area contributed by atoms with Crippen molar-refractivity contribution in [2.24, 2.45) is 0 Å². The van der Waals surface area contributed by atoms with E-state index in [2.05, 4.69) is 10.3 Å². The number of thiazole rings is 1. The molecule has 0 aliphatic carbocycles. The Bertz CT molecular complexity index is 903. The molecule has 0 bridgehead atoms. The van der Waals surface area contributed by atoms with Gasteiger partial charge < -0.3 is 5.32 Å². The van der Waals surface area contributed by atoms with Crippen molar-refractivity contribution < 1.29 is 9.72 Å². The molecule has 2 aromatic carbocycles. The maximum absolute atomic E-state index is 12.0. The number of amides is 1. The molecule has 0 spiro atoms. The standard InChI is InChI=1S/C18H17N3O3S/c1-12-9-10-13(11-15(12)21(23)24)19-17(22)7-4-8-18-20-14-5-2-3-6-16(14)25-18/h2-3,5-6,9-11H,4,7-8H2,1H3,(H,19,22). The number of hydrogen-bond acceptors (Lipinski definition) is 5. The van der Waals surface area contributed by atoms with Crippen LogP contribution < -0.4 is 5.32 Å². The number of nitrogens with one attached hydrogen (secondary N) is 1. The average Bonchev–Trinajstić information content (AvgIpc) is 2.99. The summed E-state index contributed by atoms with van der Waals surface area (Å²) >= 11 is 1.64. The second kappa shape index (κ2) is 7.40. The van der Waals surface area contributed by atoms with Crippen molar-refractivity contribution in [1.82, 2.24) is 4.98 Å². The number of hydrogen-bond donors (Lipinski definition) is 1. The predicted octanol–water partition coefficient (Wildman–Crippen LogP) is 4.47. The van der Waals surface area contributed by atoms with Gasteiger partial charge in [-0.3, -0.25) is 14.9 Å². The third-order valence-electron chi connectivity index (χ3n) is 3.82. The quantitative estimate of drug-likeness (QED) is 0.522. The minimum Gasteiger partial charge on any atom is -0.326 e. The Morgan fingerprint density at radius 2 is 2.08 bits per heavy atom. The fourth-order valence-corrected chi connectivity index (χ4v) is 3.54. The lowest BCUT2D eigenvalue weighted by Crippen LogP contribution is -2.11. The molecule has 1 heterocycles. The summed E-state index contributed by atoms with van der Waals surface area (Å²) in [5, 5.41) is 14.7. The molecule has 0 aliphatic rings. The molecule has 1 N–H and O–H groups in total. The van der Waals surface area contributed by atoms with Crippen molar-refractivity contribution >= 4 is 38.8 Å². The van der Waals surface area contributed by atoms with Crippen molar-refractivity contribution in [1.29, 1.82) is 0 Å². The fourth-order valence-electron chi connectivity index (χ4n) is 2.53. The zero-order valence-electron chi connectivity index (χ0n) is 13.7. The molecule has 1 aromatic heterocycles. The summed E-state index contributed by atoms with van der Waals surface area (Å²) in [7, 11) is 0. The molecule has 3 rings (SSSR count). The Balaban J connectivity index is 1.54. The van der Waals surface area contributed by atoms with Gasteiger partial charge in [0.1, 0.15) is 0 Å². The lowest BCUT2D eigenvalue weighted by molar-refractivity contribution is -0.385. The summed E-state index contributed by atoms with van der Waals surface area (Å²) in [4.78, 5) is 27.1. The first-order chi connectivity index (χ1) is 12.0. The highest BCUT2D eigenvalue weighted by molar-refractivity contribution is 7.18. The minimum atomic E-state index is -0.446. The summed E-state index contributed by atoms with van der Waals surface area (Å²) < 4.78 is 1.15. The van der Waals surface area contributed by atoms with Crippen LogP contribution in [0.5, 0.6) is 0 Å². The number of nitro benzene ring substituents is 1. The number of nitrogens with zero attached hydrogens (tertiary/aromatic N) is 2. The number of aromatic nitrogens is 1. The third kappa shape index (κ3) is 4.19. The first kappa shape index (κ1) is 17.0. The zero-order chi connectivity index (χ0) is 17.8. The molecule has 1 amide bonds. The minimum absolute atomic E-state index is 0.00674. The van der Waals surface area contributed by atoms with Crippen LogP contribution in [0, 0.1) is 17.0 Å². The Labute approximate surface area is 148 Å². The average molecular weight is 355 g/mol. The SMILES string of the molecule is Cc1ccc(NC(=O)CCCc2nc3ccccc3s2)cc1[N+](=O)[O-]. The maximum atomic E-state index is 12.0. The fraction of sp³-hybridized carbons (Fsp3) is 0.222. The highest BCUT2D eigenvalue weighted by atomic mass is 32.1. The van der Waals surface area contributed by atoms with Crippen molar-refractivity contribution in [2.45, 2.75) is 26.2 Å². The molecule has 0 saturated carbocycles. The highest BCUT2D eigenvalue weighted by Crippen LogP contribution is 2.24. The number of aryl methyl sites for hydroxylation is 2. The van der Waals surface area contributed by atoms with Gasteiger partial charge in [0.2, 0.25) is 5.91 Å².